The summed E-state index contributed by atoms with van der Waals surface area (Å²) in [4.78, 5) is 0. The van der Waals surface area contributed by atoms with E-state index in [9.17, 15) is 0 Å². The fourth-order valence-corrected chi connectivity index (χ4v) is 2.78. The van der Waals surface area contributed by atoms with Gasteiger partial charge in [0, 0.05) is 0 Å². The van der Waals surface area contributed by atoms with Crippen LogP contribution in [0.1, 0.15) is 18.1 Å². The normalized spacial score (nSPS) is 25.3. The Kier molecular flexibility index (Phi) is 2.77. The van der Waals surface area contributed by atoms with Gasteiger partial charge < -0.3 is 0 Å². The summed E-state index contributed by atoms with van der Waals surface area (Å²) in [5.74, 6) is 0. The molecule has 0 aromatic heterocycles. The smallest absolute Gasteiger partial charge is 0.0624 e. The second-order valence-electron chi connectivity index (χ2n) is 3.64. The molecule has 0 saturated heterocycles. The topological polar surface area (TPSA) is 0 Å². The molecule has 1 atom stereocenters. The van der Waals surface area contributed by atoms with Crippen molar-refractivity contribution in [3.05, 3.63) is 53.6 Å². The lowest BCUT2D eigenvalue weighted by Crippen LogP contribution is -2.20. The van der Waals surface area contributed by atoms with Crippen LogP contribution in [0.3, 0.4) is 0 Å². The van der Waals surface area contributed by atoms with Crippen LogP contribution in [-0.4, -0.2) is 3.42 Å². The van der Waals surface area contributed by atoms with E-state index in [2.05, 4.69) is 78.1 Å². The van der Waals surface area contributed by atoms with E-state index in [1.165, 1.54) is 11.1 Å². The quantitative estimate of drug-likeness (QED) is 0.417. The Labute approximate surface area is 98.9 Å². The van der Waals surface area contributed by atoms with Gasteiger partial charge in [-0.2, -0.15) is 0 Å². The van der Waals surface area contributed by atoms with Crippen LogP contribution in [0.4, 0.5) is 0 Å². The van der Waals surface area contributed by atoms with E-state index in [0.717, 1.165) is 6.42 Å². The average Bonchev–Trinajstić information content (AvgIpc) is 2.17. The van der Waals surface area contributed by atoms with Crippen molar-refractivity contribution in [1.29, 1.82) is 0 Å². The van der Waals surface area contributed by atoms with E-state index in [-0.39, 0.29) is 3.42 Å². The number of rotatable bonds is 1. The average molecular weight is 296 g/mol. The first kappa shape index (κ1) is 9.97. The van der Waals surface area contributed by atoms with Crippen molar-refractivity contribution in [2.45, 2.75) is 16.8 Å². The molecule has 0 spiro atoms. The molecule has 1 aromatic rings. The molecule has 0 bridgehead atoms. The van der Waals surface area contributed by atoms with E-state index in [1.807, 2.05) is 0 Å². The molecule has 0 N–H and O–H groups in total. The Morgan fingerprint density at radius 2 is 2.14 bits per heavy atom. The third-order valence-corrected chi connectivity index (χ3v) is 3.60. The Bertz CT molecular complexity index is 390. The van der Waals surface area contributed by atoms with Gasteiger partial charge in [0.05, 0.1) is 3.42 Å². The summed E-state index contributed by atoms with van der Waals surface area (Å²) in [5, 5.41) is 0. The van der Waals surface area contributed by atoms with Gasteiger partial charge in [-0.15, -0.1) is 0 Å². The molecule has 0 saturated carbocycles. The van der Waals surface area contributed by atoms with Crippen LogP contribution in [0.25, 0.3) is 6.08 Å². The molecule has 0 radical (unpaired) electrons. The Morgan fingerprint density at radius 3 is 2.93 bits per heavy atom. The van der Waals surface area contributed by atoms with Gasteiger partial charge in [-0.05, 0) is 24.5 Å². The Hall–Kier alpha value is -0.570. The van der Waals surface area contributed by atoms with Crippen LogP contribution in [0.2, 0.25) is 0 Å². The maximum Gasteiger partial charge on any atom is 0.0624 e. The van der Waals surface area contributed by atoms with Gasteiger partial charge in [0.25, 0.3) is 0 Å². The zero-order valence-corrected chi connectivity index (χ0v) is 10.4. The van der Waals surface area contributed by atoms with E-state index >= 15 is 0 Å². The molecule has 0 aliphatic heterocycles. The van der Waals surface area contributed by atoms with Crippen LogP contribution < -0.4 is 0 Å². The molecule has 72 valence electrons. The SMILES string of the molecule is CC=CC1(I)C=Cc2ccccc2C1. The number of fused-ring (bicyclic) bond motifs is 1. The van der Waals surface area contributed by atoms with E-state index in [0.29, 0.717) is 0 Å². The molecule has 0 heterocycles. The molecule has 1 aromatic carbocycles. The van der Waals surface area contributed by atoms with E-state index in [1.54, 1.807) is 0 Å². The molecule has 0 nitrogen and oxygen atoms in total. The second kappa shape index (κ2) is 3.89. The zero-order chi connectivity index (χ0) is 10.0. The lowest BCUT2D eigenvalue weighted by atomic mass is 9.89. The van der Waals surface area contributed by atoms with Gasteiger partial charge in [0.2, 0.25) is 0 Å². The van der Waals surface area contributed by atoms with E-state index in [4.69, 9.17) is 0 Å². The van der Waals surface area contributed by atoms with Crippen molar-refractivity contribution in [2.75, 3.05) is 0 Å². The summed E-state index contributed by atoms with van der Waals surface area (Å²) < 4.78 is 0.181. The number of benzene rings is 1. The molecule has 14 heavy (non-hydrogen) atoms. The summed E-state index contributed by atoms with van der Waals surface area (Å²) in [7, 11) is 0. The van der Waals surface area contributed by atoms with Gasteiger partial charge in [-0.25, -0.2) is 0 Å². The third kappa shape index (κ3) is 1.92. The second-order valence-corrected chi connectivity index (χ2v) is 5.64. The van der Waals surface area contributed by atoms with Gasteiger partial charge >= 0.3 is 0 Å². The number of hydrogen-bond acceptors (Lipinski definition) is 0. The monoisotopic (exact) mass is 296 g/mol. The highest BCUT2D eigenvalue weighted by atomic mass is 127. The van der Waals surface area contributed by atoms with Crippen molar-refractivity contribution in [2.24, 2.45) is 0 Å². The predicted molar refractivity (Wildman–Crippen MR) is 70.7 cm³/mol. The maximum atomic E-state index is 2.51. The Morgan fingerprint density at radius 1 is 1.36 bits per heavy atom. The van der Waals surface area contributed by atoms with Crippen molar-refractivity contribution in [1.82, 2.24) is 0 Å². The minimum Gasteiger partial charge on any atom is -0.0900 e. The fourth-order valence-electron chi connectivity index (χ4n) is 1.83. The maximum absolute atomic E-state index is 2.51. The standard InChI is InChI=1S/C13H13I/c1-2-8-13(14)9-7-11-5-3-4-6-12(11)10-13/h2-9H,10H2,1H3. The highest BCUT2D eigenvalue weighted by molar-refractivity contribution is 14.1. The van der Waals surface area contributed by atoms with Crippen LogP contribution in [0.15, 0.2) is 42.5 Å². The molecule has 1 aliphatic carbocycles. The van der Waals surface area contributed by atoms with Crippen LogP contribution in [0.5, 0.6) is 0 Å². The summed E-state index contributed by atoms with van der Waals surface area (Å²) >= 11 is 2.51. The van der Waals surface area contributed by atoms with Crippen LogP contribution in [0, 0.1) is 0 Å². The molecular formula is C13H13I. The summed E-state index contributed by atoms with van der Waals surface area (Å²) in [6, 6.07) is 8.61. The van der Waals surface area contributed by atoms with Crippen molar-refractivity contribution in [3.63, 3.8) is 0 Å². The van der Waals surface area contributed by atoms with Gasteiger partial charge in [-0.3, -0.25) is 0 Å². The lowest BCUT2D eigenvalue weighted by Gasteiger charge is -2.25. The number of halogens is 1. The minimum atomic E-state index is 0.181. The largest absolute Gasteiger partial charge is 0.0900 e. The molecule has 0 fully saturated rings. The molecule has 0 amide bonds. The first-order valence-electron chi connectivity index (χ1n) is 4.83. The van der Waals surface area contributed by atoms with Crippen LogP contribution in [-0.2, 0) is 6.42 Å². The van der Waals surface area contributed by atoms with Gasteiger partial charge in [-0.1, -0.05) is 71.2 Å². The lowest BCUT2D eigenvalue weighted by molar-refractivity contribution is 0.885. The first-order valence-corrected chi connectivity index (χ1v) is 5.91. The number of allylic oxidation sites excluding steroid dienone is 3. The molecular weight excluding hydrogens is 283 g/mol. The summed E-state index contributed by atoms with van der Waals surface area (Å²) in [6.45, 7) is 2.08. The van der Waals surface area contributed by atoms with Crippen LogP contribution >= 0.6 is 22.6 Å². The zero-order valence-electron chi connectivity index (χ0n) is 8.20. The minimum absolute atomic E-state index is 0.181. The number of alkyl halides is 1. The molecule has 2 rings (SSSR count). The third-order valence-electron chi connectivity index (χ3n) is 2.50. The number of hydrogen-bond donors (Lipinski definition) is 0. The summed E-state index contributed by atoms with van der Waals surface area (Å²) in [5.41, 5.74) is 2.81. The van der Waals surface area contributed by atoms with Crippen molar-refractivity contribution >= 4 is 28.7 Å². The van der Waals surface area contributed by atoms with E-state index < -0.39 is 0 Å². The van der Waals surface area contributed by atoms with Gasteiger partial charge in [0.15, 0.2) is 0 Å². The first-order chi connectivity index (χ1) is 6.73. The van der Waals surface area contributed by atoms with Crippen molar-refractivity contribution < 1.29 is 0 Å². The molecule has 1 unspecified atom stereocenters. The predicted octanol–water partition coefficient (Wildman–Crippen LogP) is 4.01. The Balaban J connectivity index is 2.38. The summed E-state index contributed by atoms with van der Waals surface area (Å²) in [6.07, 6.45) is 10.0. The van der Waals surface area contributed by atoms with Gasteiger partial charge in [0.1, 0.15) is 0 Å². The fraction of sp³-hybridized carbons (Fsp3) is 0.231. The molecule has 1 heteroatoms. The molecule has 1 aliphatic rings. The highest BCUT2D eigenvalue weighted by Crippen LogP contribution is 2.33. The highest BCUT2D eigenvalue weighted by Gasteiger charge is 2.23. The van der Waals surface area contributed by atoms with Crippen molar-refractivity contribution in [3.8, 4) is 0 Å².